The molecule has 3 aromatic rings. The average molecular weight is 461 g/mol. The van der Waals surface area contributed by atoms with Crippen LogP contribution in [0.15, 0.2) is 54.6 Å². The van der Waals surface area contributed by atoms with Crippen LogP contribution in [0, 0.1) is 10.1 Å². The van der Waals surface area contributed by atoms with Gasteiger partial charge >= 0.3 is 0 Å². The smallest absolute Gasteiger partial charge is 0.281 e. The van der Waals surface area contributed by atoms with Gasteiger partial charge in [0.1, 0.15) is 4.88 Å². The molecule has 0 atom stereocenters. The number of thiocarbonyl (C=S) groups is 1. The van der Waals surface area contributed by atoms with Gasteiger partial charge < -0.3 is 0 Å². The van der Waals surface area contributed by atoms with E-state index in [-0.39, 0.29) is 10.8 Å². The van der Waals surface area contributed by atoms with Crippen LogP contribution in [0.1, 0.15) is 15.2 Å². The lowest BCUT2D eigenvalue weighted by molar-refractivity contribution is -0.384. The van der Waals surface area contributed by atoms with E-state index in [4.69, 9.17) is 23.8 Å². The van der Waals surface area contributed by atoms with E-state index in [9.17, 15) is 19.7 Å². The van der Waals surface area contributed by atoms with E-state index in [2.05, 4.69) is 16.2 Å². The lowest BCUT2D eigenvalue weighted by atomic mass is 10.2. The molecule has 2 aromatic carbocycles. The SMILES string of the molecule is O=C(/C=C/c1cccc([N+](=O)[O-])c1)NC(=S)NNC(=O)c1sc2ccccc2c1Cl. The van der Waals surface area contributed by atoms with E-state index in [1.54, 1.807) is 6.07 Å². The highest BCUT2D eigenvalue weighted by Crippen LogP contribution is 2.34. The van der Waals surface area contributed by atoms with Gasteiger partial charge in [0.25, 0.3) is 11.6 Å². The number of thiophene rings is 1. The number of nitro benzene ring substituents is 1. The van der Waals surface area contributed by atoms with Crippen LogP contribution < -0.4 is 16.2 Å². The number of benzene rings is 2. The average Bonchev–Trinajstić information content (AvgIpc) is 3.07. The molecular weight excluding hydrogens is 448 g/mol. The first-order valence-corrected chi connectivity index (χ1v) is 9.96. The molecule has 0 spiro atoms. The van der Waals surface area contributed by atoms with E-state index >= 15 is 0 Å². The van der Waals surface area contributed by atoms with E-state index in [0.29, 0.717) is 15.5 Å². The fraction of sp³-hybridized carbons (Fsp3) is 0. The zero-order valence-electron chi connectivity index (χ0n) is 15.0. The predicted molar refractivity (Wildman–Crippen MR) is 120 cm³/mol. The second-order valence-electron chi connectivity index (χ2n) is 5.82. The number of carbonyl (C=O) groups is 2. The Bertz CT molecular complexity index is 1190. The summed E-state index contributed by atoms with van der Waals surface area (Å²) in [6.07, 6.45) is 2.57. The molecule has 0 aliphatic heterocycles. The number of hydrogen-bond donors (Lipinski definition) is 3. The fourth-order valence-corrected chi connectivity index (χ4v) is 3.99. The third kappa shape index (κ3) is 5.17. The quantitative estimate of drug-likeness (QED) is 0.236. The molecule has 0 aliphatic carbocycles. The number of hydrogen-bond acceptors (Lipinski definition) is 6. The molecule has 2 amide bonds. The molecule has 0 saturated heterocycles. The Labute approximate surface area is 184 Å². The van der Waals surface area contributed by atoms with Crippen molar-refractivity contribution < 1.29 is 14.5 Å². The molecule has 0 bridgehead atoms. The summed E-state index contributed by atoms with van der Waals surface area (Å²) in [6.45, 7) is 0. The van der Waals surface area contributed by atoms with Gasteiger partial charge in [0, 0.05) is 28.3 Å². The Kier molecular flexibility index (Phi) is 6.72. The molecule has 1 heterocycles. The summed E-state index contributed by atoms with van der Waals surface area (Å²) < 4.78 is 0.870. The predicted octanol–water partition coefficient (Wildman–Crippen LogP) is 3.81. The largest absolute Gasteiger partial charge is 0.298 e. The molecular formula is C19H13ClN4O4S2. The highest BCUT2D eigenvalue weighted by molar-refractivity contribution is 7.80. The lowest BCUT2D eigenvalue weighted by Gasteiger charge is -2.09. The molecule has 0 saturated carbocycles. The van der Waals surface area contributed by atoms with Gasteiger partial charge in [-0.1, -0.05) is 41.9 Å². The van der Waals surface area contributed by atoms with Crippen LogP contribution in [0.3, 0.4) is 0 Å². The monoisotopic (exact) mass is 460 g/mol. The van der Waals surface area contributed by atoms with Gasteiger partial charge in [-0.05, 0) is 29.9 Å². The summed E-state index contributed by atoms with van der Waals surface area (Å²) in [5.74, 6) is -1.07. The summed E-state index contributed by atoms with van der Waals surface area (Å²) in [5.41, 5.74) is 5.20. The molecule has 3 rings (SSSR count). The second-order valence-corrected chi connectivity index (χ2v) is 7.66. The van der Waals surface area contributed by atoms with Crippen molar-refractivity contribution in [1.82, 2.24) is 16.2 Å². The Morgan fingerprint density at radius 1 is 1.13 bits per heavy atom. The van der Waals surface area contributed by atoms with Gasteiger partial charge in [-0.3, -0.25) is 35.9 Å². The number of non-ortho nitro benzene ring substituents is 1. The van der Waals surface area contributed by atoms with E-state index in [1.807, 2.05) is 24.3 Å². The van der Waals surface area contributed by atoms with Crippen LogP contribution in [-0.2, 0) is 4.79 Å². The lowest BCUT2D eigenvalue weighted by Crippen LogP contribution is -2.48. The third-order valence-electron chi connectivity index (χ3n) is 3.78. The molecule has 30 heavy (non-hydrogen) atoms. The molecule has 0 unspecified atom stereocenters. The molecule has 1 aromatic heterocycles. The van der Waals surface area contributed by atoms with Crippen molar-refractivity contribution >= 4 is 73.9 Å². The van der Waals surface area contributed by atoms with Gasteiger partial charge in [-0.15, -0.1) is 11.3 Å². The number of hydrazine groups is 1. The third-order valence-corrected chi connectivity index (χ3v) is 5.65. The van der Waals surface area contributed by atoms with Crippen LogP contribution in [0.2, 0.25) is 5.02 Å². The second kappa shape index (κ2) is 9.44. The fourth-order valence-electron chi connectivity index (χ4n) is 2.43. The molecule has 8 nitrogen and oxygen atoms in total. The minimum absolute atomic E-state index is 0.0858. The van der Waals surface area contributed by atoms with Crippen molar-refractivity contribution in [2.24, 2.45) is 0 Å². The van der Waals surface area contributed by atoms with Gasteiger partial charge in [0.05, 0.1) is 9.95 Å². The summed E-state index contributed by atoms with van der Waals surface area (Å²) in [4.78, 5) is 34.8. The Morgan fingerprint density at radius 2 is 1.90 bits per heavy atom. The first kappa shape index (κ1) is 21.4. The highest BCUT2D eigenvalue weighted by Gasteiger charge is 2.17. The van der Waals surface area contributed by atoms with E-state index in [0.717, 1.165) is 16.2 Å². The minimum atomic E-state index is -0.576. The van der Waals surface area contributed by atoms with Gasteiger partial charge in [0.2, 0.25) is 5.91 Å². The van der Waals surface area contributed by atoms with E-state index < -0.39 is 16.7 Å². The van der Waals surface area contributed by atoms with Crippen molar-refractivity contribution in [3.8, 4) is 0 Å². The number of fused-ring (bicyclic) bond motifs is 1. The Balaban J connectivity index is 1.54. The highest BCUT2D eigenvalue weighted by atomic mass is 35.5. The van der Waals surface area contributed by atoms with Crippen LogP contribution in [0.25, 0.3) is 16.2 Å². The van der Waals surface area contributed by atoms with Crippen LogP contribution in [-0.4, -0.2) is 21.9 Å². The molecule has 0 aliphatic rings. The molecule has 11 heteroatoms. The molecule has 0 radical (unpaired) electrons. The van der Waals surface area contributed by atoms with Gasteiger partial charge in [-0.2, -0.15) is 0 Å². The van der Waals surface area contributed by atoms with Crippen molar-refractivity contribution in [3.05, 3.63) is 80.2 Å². The van der Waals surface area contributed by atoms with Crippen LogP contribution >= 0.6 is 35.2 Å². The summed E-state index contributed by atoms with van der Waals surface area (Å²) in [5, 5.41) is 14.1. The van der Waals surface area contributed by atoms with Gasteiger partial charge in [-0.25, -0.2) is 0 Å². The number of nitrogens with one attached hydrogen (secondary N) is 3. The number of halogens is 1. The topological polar surface area (TPSA) is 113 Å². The molecule has 152 valence electrons. The number of carbonyl (C=O) groups excluding carboxylic acids is 2. The number of rotatable bonds is 4. The van der Waals surface area contributed by atoms with Crippen LogP contribution in [0.4, 0.5) is 5.69 Å². The Morgan fingerprint density at radius 3 is 2.63 bits per heavy atom. The standard InChI is InChI=1S/C19H13ClN4O4S2/c20-16-13-6-1-2-7-14(13)30-17(16)18(26)22-23-19(29)21-15(25)9-8-11-4-3-5-12(10-11)24(27)28/h1-10H,(H,22,26)(H2,21,23,25,29)/b9-8+. The van der Waals surface area contributed by atoms with Crippen LogP contribution in [0.5, 0.6) is 0 Å². The summed E-state index contributed by atoms with van der Waals surface area (Å²) in [7, 11) is 0. The first-order valence-electron chi connectivity index (χ1n) is 8.36. The summed E-state index contributed by atoms with van der Waals surface area (Å²) in [6, 6.07) is 13.1. The number of amides is 2. The summed E-state index contributed by atoms with van der Waals surface area (Å²) >= 11 is 12.5. The van der Waals surface area contributed by atoms with Crippen molar-refractivity contribution in [2.75, 3.05) is 0 Å². The zero-order valence-corrected chi connectivity index (χ0v) is 17.4. The number of nitro groups is 1. The van der Waals surface area contributed by atoms with Gasteiger partial charge in [0.15, 0.2) is 5.11 Å². The Hall–Kier alpha value is -3.34. The van der Waals surface area contributed by atoms with Crippen molar-refractivity contribution in [1.29, 1.82) is 0 Å². The normalized spacial score (nSPS) is 10.7. The van der Waals surface area contributed by atoms with Crippen molar-refractivity contribution in [3.63, 3.8) is 0 Å². The first-order chi connectivity index (χ1) is 14.3. The number of nitrogens with zero attached hydrogens (tertiary/aromatic N) is 1. The maximum absolute atomic E-state index is 12.3. The molecule has 0 fully saturated rings. The maximum Gasteiger partial charge on any atom is 0.281 e. The zero-order chi connectivity index (χ0) is 21.7. The van der Waals surface area contributed by atoms with E-state index in [1.165, 1.54) is 35.6 Å². The molecule has 3 N–H and O–H groups in total. The minimum Gasteiger partial charge on any atom is -0.298 e. The maximum atomic E-state index is 12.3. The van der Waals surface area contributed by atoms with Crippen molar-refractivity contribution in [2.45, 2.75) is 0 Å².